The van der Waals surface area contributed by atoms with Crippen molar-refractivity contribution >= 4 is 0 Å². The predicted octanol–water partition coefficient (Wildman–Crippen LogP) is 0.691. The fourth-order valence-electron chi connectivity index (χ4n) is 0.456. The van der Waals surface area contributed by atoms with Crippen molar-refractivity contribution in [3.63, 3.8) is 0 Å². The number of hydrogen-bond acceptors (Lipinski definition) is 1. The summed E-state index contributed by atoms with van der Waals surface area (Å²) < 4.78 is 0. The van der Waals surface area contributed by atoms with Crippen LogP contribution in [0.1, 0.15) is 0 Å². The standard InChI is InChI=1S/C5H6N2/c1-3-5-4-7(5)6-2/h3,5H,1,4H2. The molecule has 0 aromatic carbocycles. The highest BCUT2D eigenvalue weighted by Gasteiger charge is 2.36. The molecule has 1 saturated heterocycles. The Morgan fingerprint density at radius 2 is 2.71 bits per heavy atom. The van der Waals surface area contributed by atoms with Gasteiger partial charge in [0, 0.05) is 0 Å². The van der Waals surface area contributed by atoms with Crippen LogP contribution in [0, 0.1) is 6.57 Å². The highest BCUT2D eigenvalue weighted by molar-refractivity contribution is 5.03. The average Bonchev–Trinajstić information content (AvgIpc) is 2.43. The van der Waals surface area contributed by atoms with Gasteiger partial charge in [-0.3, -0.25) is 0 Å². The third-order valence-electron chi connectivity index (χ3n) is 1.02. The van der Waals surface area contributed by atoms with Gasteiger partial charge in [0.2, 0.25) is 0 Å². The van der Waals surface area contributed by atoms with Crippen LogP contribution < -0.4 is 0 Å². The van der Waals surface area contributed by atoms with Gasteiger partial charge in [0.25, 0.3) is 0 Å². The van der Waals surface area contributed by atoms with Gasteiger partial charge in [0.15, 0.2) is 0 Å². The summed E-state index contributed by atoms with van der Waals surface area (Å²) in [6.07, 6.45) is 1.79. The lowest BCUT2D eigenvalue weighted by atomic mass is 10.5. The quantitative estimate of drug-likeness (QED) is 0.263. The molecule has 0 aromatic heterocycles. The molecule has 1 aliphatic heterocycles. The Kier molecular flexibility index (Phi) is 0.759. The van der Waals surface area contributed by atoms with Gasteiger partial charge in [-0.05, 0) is 0 Å². The normalized spacial score (nSPS) is 26.1. The second-order valence-corrected chi connectivity index (χ2v) is 1.53. The molecule has 1 heterocycles. The fraction of sp³-hybridized carbons (Fsp3) is 0.400. The lowest BCUT2D eigenvalue weighted by Crippen LogP contribution is -1.81. The maximum absolute atomic E-state index is 6.46. The lowest BCUT2D eigenvalue weighted by Gasteiger charge is -1.73. The summed E-state index contributed by atoms with van der Waals surface area (Å²) in [7, 11) is 0. The van der Waals surface area contributed by atoms with Gasteiger partial charge in [0.1, 0.15) is 12.6 Å². The molecule has 36 valence electrons. The van der Waals surface area contributed by atoms with E-state index in [9.17, 15) is 0 Å². The average molecular weight is 94.1 g/mol. The first-order chi connectivity index (χ1) is 3.38. The van der Waals surface area contributed by atoms with Crippen LogP contribution in [0.5, 0.6) is 0 Å². The molecule has 1 atom stereocenters. The first-order valence-corrected chi connectivity index (χ1v) is 2.15. The lowest BCUT2D eigenvalue weighted by molar-refractivity contribution is 0.721. The second-order valence-electron chi connectivity index (χ2n) is 1.53. The summed E-state index contributed by atoms with van der Waals surface area (Å²) in [5.41, 5.74) is 0. The first kappa shape index (κ1) is 4.20. The predicted molar refractivity (Wildman–Crippen MR) is 27.3 cm³/mol. The molecule has 0 spiro atoms. The van der Waals surface area contributed by atoms with Crippen molar-refractivity contribution in [3.8, 4) is 0 Å². The molecule has 2 heteroatoms. The minimum atomic E-state index is 0.359. The summed E-state index contributed by atoms with van der Waals surface area (Å²) in [6.45, 7) is 10.9. The van der Waals surface area contributed by atoms with Crippen molar-refractivity contribution in [1.82, 2.24) is 5.01 Å². The minimum Gasteiger partial charge on any atom is -0.184 e. The van der Waals surface area contributed by atoms with Crippen LogP contribution in [0.3, 0.4) is 0 Å². The molecule has 2 nitrogen and oxygen atoms in total. The van der Waals surface area contributed by atoms with Crippen LogP contribution in [0.2, 0.25) is 0 Å². The Morgan fingerprint density at radius 1 is 2.00 bits per heavy atom. The van der Waals surface area contributed by atoms with Crippen LogP contribution in [0.25, 0.3) is 4.95 Å². The SMILES string of the molecule is [C-]#[N+]N1CC1C=C. The van der Waals surface area contributed by atoms with Gasteiger partial charge in [-0.25, -0.2) is 0 Å². The van der Waals surface area contributed by atoms with Crippen molar-refractivity contribution in [2.24, 2.45) is 0 Å². The highest BCUT2D eigenvalue weighted by Crippen LogP contribution is 2.16. The van der Waals surface area contributed by atoms with Gasteiger partial charge in [-0.2, -0.15) is 11.5 Å². The van der Waals surface area contributed by atoms with E-state index >= 15 is 0 Å². The van der Waals surface area contributed by atoms with Gasteiger partial charge < -0.3 is 0 Å². The van der Waals surface area contributed by atoms with E-state index in [-0.39, 0.29) is 0 Å². The number of rotatable bonds is 1. The summed E-state index contributed by atoms with van der Waals surface area (Å²) in [6, 6.07) is 0.359. The van der Waals surface area contributed by atoms with E-state index in [2.05, 4.69) is 11.5 Å². The van der Waals surface area contributed by atoms with E-state index in [1.165, 1.54) is 0 Å². The monoisotopic (exact) mass is 94.1 g/mol. The Labute approximate surface area is 42.8 Å². The Hall–Kier alpha value is -0.970. The molecule has 0 saturated carbocycles. The van der Waals surface area contributed by atoms with Crippen molar-refractivity contribution < 1.29 is 0 Å². The zero-order chi connectivity index (χ0) is 5.28. The molecule has 0 bridgehead atoms. The molecule has 1 rings (SSSR count). The van der Waals surface area contributed by atoms with Crippen LogP contribution in [0.4, 0.5) is 0 Å². The molecular weight excluding hydrogens is 88.1 g/mol. The van der Waals surface area contributed by atoms with E-state index in [0.29, 0.717) is 6.04 Å². The van der Waals surface area contributed by atoms with E-state index in [4.69, 9.17) is 6.57 Å². The van der Waals surface area contributed by atoms with E-state index in [0.717, 1.165) is 6.54 Å². The smallest absolute Gasteiger partial charge is 0.139 e. The zero-order valence-electron chi connectivity index (χ0n) is 3.96. The van der Waals surface area contributed by atoms with Gasteiger partial charge in [0.05, 0.1) is 0 Å². The minimum absolute atomic E-state index is 0.359. The Morgan fingerprint density at radius 3 is 2.86 bits per heavy atom. The van der Waals surface area contributed by atoms with Crippen LogP contribution in [-0.2, 0) is 0 Å². The largest absolute Gasteiger partial charge is 0.184 e. The molecule has 0 N–H and O–H groups in total. The molecule has 0 radical (unpaired) electrons. The summed E-state index contributed by atoms with van der Waals surface area (Å²) in [5.74, 6) is 0. The number of hydrogen-bond donors (Lipinski definition) is 0. The Balaban J connectivity index is 2.34. The third kappa shape index (κ3) is 0.566. The molecule has 1 unspecified atom stereocenters. The van der Waals surface area contributed by atoms with E-state index in [1.807, 2.05) is 0 Å². The first-order valence-electron chi connectivity index (χ1n) is 2.15. The summed E-state index contributed by atoms with van der Waals surface area (Å²) in [4.78, 5) is 3.16. The fourth-order valence-corrected chi connectivity index (χ4v) is 0.456. The van der Waals surface area contributed by atoms with E-state index in [1.54, 1.807) is 11.1 Å². The highest BCUT2D eigenvalue weighted by atomic mass is 15.5. The Bertz CT molecular complexity index is 123. The third-order valence-corrected chi connectivity index (χ3v) is 1.02. The van der Waals surface area contributed by atoms with Crippen molar-refractivity contribution in [2.45, 2.75) is 6.04 Å². The maximum Gasteiger partial charge on any atom is 0.139 e. The maximum atomic E-state index is 6.46. The van der Waals surface area contributed by atoms with Crippen LogP contribution >= 0.6 is 0 Å². The van der Waals surface area contributed by atoms with Crippen molar-refractivity contribution in [1.29, 1.82) is 0 Å². The molecule has 1 fully saturated rings. The van der Waals surface area contributed by atoms with Crippen molar-refractivity contribution in [2.75, 3.05) is 6.54 Å². The van der Waals surface area contributed by atoms with Crippen LogP contribution in [-0.4, -0.2) is 17.6 Å². The molecule has 1 aliphatic rings. The van der Waals surface area contributed by atoms with Gasteiger partial charge >= 0.3 is 0 Å². The molecule has 0 amide bonds. The molecule has 7 heavy (non-hydrogen) atoms. The topological polar surface area (TPSA) is 7.37 Å². The molecular formula is C5H6N2. The van der Waals surface area contributed by atoms with Crippen LogP contribution in [0.15, 0.2) is 12.7 Å². The second kappa shape index (κ2) is 1.27. The van der Waals surface area contributed by atoms with Gasteiger partial charge in [-0.15, -0.1) is 6.58 Å². The molecule has 0 aliphatic carbocycles. The summed E-state index contributed by atoms with van der Waals surface area (Å²) in [5, 5.41) is 1.65. The van der Waals surface area contributed by atoms with E-state index < -0.39 is 0 Å². The molecule has 0 aromatic rings. The summed E-state index contributed by atoms with van der Waals surface area (Å²) >= 11 is 0. The number of nitrogens with zero attached hydrogens (tertiary/aromatic N) is 2. The van der Waals surface area contributed by atoms with Crippen molar-refractivity contribution in [3.05, 3.63) is 24.2 Å². The zero-order valence-corrected chi connectivity index (χ0v) is 3.96. The van der Waals surface area contributed by atoms with Gasteiger partial charge in [-0.1, -0.05) is 11.1 Å².